The van der Waals surface area contributed by atoms with Crippen LogP contribution >= 0.6 is 0 Å². The van der Waals surface area contributed by atoms with Crippen LogP contribution in [0.25, 0.3) is 16.5 Å². The van der Waals surface area contributed by atoms with Crippen LogP contribution in [0.2, 0.25) is 0 Å². The summed E-state index contributed by atoms with van der Waals surface area (Å²) in [7, 11) is 0. The summed E-state index contributed by atoms with van der Waals surface area (Å²) >= 11 is 0. The van der Waals surface area contributed by atoms with Crippen LogP contribution in [0.1, 0.15) is 93.7 Å². The second kappa shape index (κ2) is 19.2. The van der Waals surface area contributed by atoms with E-state index in [1.54, 1.807) is 6.08 Å². The van der Waals surface area contributed by atoms with Gasteiger partial charge in [0.15, 0.2) is 0 Å². The van der Waals surface area contributed by atoms with E-state index in [1.807, 2.05) is 46.0 Å². The van der Waals surface area contributed by atoms with Crippen LogP contribution in [0.5, 0.6) is 0 Å². The van der Waals surface area contributed by atoms with Gasteiger partial charge in [0.05, 0.1) is 5.52 Å². The van der Waals surface area contributed by atoms with E-state index in [0.717, 1.165) is 40.1 Å². The van der Waals surface area contributed by atoms with Gasteiger partial charge in [-0.25, -0.2) is 4.98 Å². The van der Waals surface area contributed by atoms with Crippen LogP contribution in [0.4, 0.5) is 5.82 Å². The van der Waals surface area contributed by atoms with Crippen molar-refractivity contribution in [1.82, 2.24) is 9.97 Å². The fourth-order valence-electron chi connectivity index (χ4n) is 2.73. The van der Waals surface area contributed by atoms with Gasteiger partial charge in [-0.15, -0.1) is 6.58 Å². The van der Waals surface area contributed by atoms with Crippen molar-refractivity contribution >= 4 is 22.3 Å². The van der Waals surface area contributed by atoms with Crippen molar-refractivity contribution in [3.8, 4) is 0 Å². The van der Waals surface area contributed by atoms with E-state index in [2.05, 4.69) is 75.7 Å². The third-order valence-corrected chi connectivity index (χ3v) is 4.29. The van der Waals surface area contributed by atoms with E-state index in [9.17, 15) is 0 Å². The predicted molar refractivity (Wildman–Crippen MR) is 149 cm³/mol. The molecule has 2 heterocycles. The Labute approximate surface area is 198 Å². The molecule has 0 bridgehead atoms. The van der Waals surface area contributed by atoms with Crippen molar-refractivity contribution in [2.45, 2.75) is 88.0 Å². The lowest BCUT2D eigenvalue weighted by Gasteiger charge is -2.15. The number of rotatable bonds is 8. The lowest BCUT2D eigenvalue weighted by atomic mass is 9.98. The molecule has 2 aromatic rings. The number of pyridine rings is 1. The largest absolute Gasteiger partial charge is 0.355 e. The van der Waals surface area contributed by atoms with Crippen molar-refractivity contribution in [2.75, 3.05) is 5.32 Å². The topological polar surface area (TPSA) is 40.7 Å². The van der Waals surface area contributed by atoms with Crippen LogP contribution in [-0.2, 0) is 0 Å². The smallest absolute Gasteiger partial charge is 0.132 e. The Bertz CT molecular complexity index is 816. The maximum Gasteiger partial charge on any atom is 0.132 e. The minimum atomic E-state index is 0.683. The highest BCUT2D eigenvalue weighted by molar-refractivity contribution is 5.85. The standard InChI is InChI=1S/C20H27N3.C4H8.C3H8.C2H6/c1-6-9-14(4)18-11-17-13-21-20(12-19(17)23-18)22-15(5)10-16(7-2)8-3;1-4(2)3;1-3-2;1-2/h6,9,11-13,16,23H,1,5,7-8,10H2,2-4H3,(H,21,22);1H2,2-3H3;3H2,1-2H3;1-2H3/b14-9+;;;. The minimum Gasteiger partial charge on any atom is -0.355 e. The number of nitrogens with zero attached hydrogens (tertiary/aromatic N) is 1. The Balaban J connectivity index is 0. The van der Waals surface area contributed by atoms with Gasteiger partial charge in [-0.05, 0) is 44.7 Å². The van der Waals surface area contributed by atoms with Crippen molar-refractivity contribution in [1.29, 1.82) is 0 Å². The zero-order valence-electron chi connectivity index (χ0n) is 22.4. The second-order valence-electron chi connectivity index (χ2n) is 7.95. The Morgan fingerprint density at radius 2 is 1.59 bits per heavy atom. The first-order chi connectivity index (χ1) is 15.2. The summed E-state index contributed by atoms with van der Waals surface area (Å²) in [5, 5.41) is 4.45. The fourth-order valence-corrected chi connectivity index (χ4v) is 2.73. The molecule has 0 aliphatic heterocycles. The molecule has 3 nitrogen and oxygen atoms in total. The summed E-state index contributed by atoms with van der Waals surface area (Å²) in [4.78, 5) is 7.92. The number of hydrogen-bond acceptors (Lipinski definition) is 2. The number of aromatic amines is 1. The molecule has 180 valence electrons. The molecule has 0 unspecified atom stereocenters. The first kappa shape index (κ1) is 31.6. The van der Waals surface area contributed by atoms with Crippen molar-refractivity contribution in [3.05, 3.63) is 67.2 Å². The maximum absolute atomic E-state index is 4.49. The molecule has 0 saturated carbocycles. The molecule has 2 rings (SSSR count). The van der Waals surface area contributed by atoms with Gasteiger partial charge in [-0.2, -0.15) is 0 Å². The molecule has 3 heteroatoms. The molecule has 0 amide bonds. The van der Waals surface area contributed by atoms with Crippen molar-refractivity contribution < 1.29 is 0 Å². The normalized spacial score (nSPS) is 10.1. The Hall–Kier alpha value is -2.55. The number of anilines is 1. The van der Waals surface area contributed by atoms with Crippen LogP contribution in [0.3, 0.4) is 0 Å². The van der Waals surface area contributed by atoms with Crippen molar-refractivity contribution in [2.24, 2.45) is 5.92 Å². The van der Waals surface area contributed by atoms with Gasteiger partial charge in [0.1, 0.15) is 5.82 Å². The molecule has 2 N–H and O–H groups in total. The maximum atomic E-state index is 4.49. The van der Waals surface area contributed by atoms with Crippen LogP contribution in [-0.4, -0.2) is 9.97 Å². The Morgan fingerprint density at radius 3 is 2.06 bits per heavy atom. The number of nitrogens with one attached hydrogen (secondary N) is 2. The van der Waals surface area contributed by atoms with Crippen molar-refractivity contribution in [3.63, 3.8) is 0 Å². The molecule has 2 aromatic heterocycles. The quantitative estimate of drug-likeness (QED) is 0.317. The van der Waals surface area contributed by atoms with E-state index < -0.39 is 0 Å². The molecular weight excluding hydrogens is 390 g/mol. The van der Waals surface area contributed by atoms with Gasteiger partial charge in [-0.3, -0.25) is 0 Å². The fraction of sp³-hybridized carbons (Fsp3) is 0.483. The van der Waals surface area contributed by atoms with Gasteiger partial charge in [0, 0.05) is 29.0 Å². The van der Waals surface area contributed by atoms with E-state index in [4.69, 9.17) is 0 Å². The highest BCUT2D eigenvalue weighted by atomic mass is 15.0. The average Bonchev–Trinajstić information content (AvgIpc) is 3.17. The molecule has 0 saturated heterocycles. The summed E-state index contributed by atoms with van der Waals surface area (Å²) in [5.74, 6) is 1.52. The predicted octanol–water partition coefficient (Wildman–Crippen LogP) is 9.93. The molecule has 0 aromatic carbocycles. The minimum absolute atomic E-state index is 0.683. The van der Waals surface area contributed by atoms with Gasteiger partial charge in [-0.1, -0.05) is 91.7 Å². The summed E-state index contributed by atoms with van der Waals surface area (Å²) in [6.07, 6.45) is 10.3. The Kier molecular flexibility index (Phi) is 18.9. The van der Waals surface area contributed by atoms with Gasteiger partial charge >= 0.3 is 0 Å². The monoisotopic (exact) mass is 439 g/mol. The van der Waals surface area contributed by atoms with Crippen LogP contribution < -0.4 is 5.32 Å². The molecule has 32 heavy (non-hydrogen) atoms. The van der Waals surface area contributed by atoms with E-state index in [1.165, 1.54) is 24.8 Å². The number of H-pyrrole nitrogens is 1. The van der Waals surface area contributed by atoms with Crippen LogP contribution in [0.15, 0.2) is 61.5 Å². The molecule has 0 aliphatic carbocycles. The summed E-state index contributed by atoms with van der Waals surface area (Å²) < 4.78 is 0. The average molecular weight is 440 g/mol. The summed E-state index contributed by atoms with van der Waals surface area (Å²) in [6, 6.07) is 4.15. The molecule has 0 aliphatic rings. The van der Waals surface area contributed by atoms with Gasteiger partial charge in [0.2, 0.25) is 0 Å². The lowest BCUT2D eigenvalue weighted by molar-refractivity contribution is 0.490. The van der Waals surface area contributed by atoms with E-state index >= 15 is 0 Å². The third-order valence-electron chi connectivity index (χ3n) is 4.29. The number of fused-ring (bicyclic) bond motifs is 1. The highest BCUT2D eigenvalue weighted by Gasteiger charge is 2.08. The third kappa shape index (κ3) is 13.7. The Morgan fingerprint density at radius 1 is 1.06 bits per heavy atom. The molecular formula is C29H49N3. The SMILES string of the molecule is C=C(C)C.C=C/C=C(\C)c1cc2cnc(NC(=C)CC(CC)CC)cc2[nH]1.CC.CCC. The van der Waals surface area contributed by atoms with Gasteiger partial charge < -0.3 is 10.3 Å². The van der Waals surface area contributed by atoms with E-state index in [0.29, 0.717) is 5.92 Å². The van der Waals surface area contributed by atoms with Crippen LogP contribution in [0, 0.1) is 5.92 Å². The molecule has 0 radical (unpaired) electrons. The number of aromatic nitrogens is 2. The molecule has 0 atom stereocenters. The molecule has 0 spiro atoms. The highest BCUT2D eigenvalue weighted by Crippen LogP contribution is 2.24. The lowest BCUT2D eigenvalue weighted by Crippen LogP contribution is -2.06. The number of hydrogen-bond donors (Lipinski definition) is 2. The summed E-state index contributed by atoms with van der Waals surface area (Å²) in [5.41, 5.74) is 5.52. The van der Waals surface area contributed by atoms with Gasteiger partial charge in [0.25, 0.3) is 0 Å². The number of allylic oxidation sites excluding steroid dienone is 5. The molecule has 0 fully saturated rings. The first-order valence-corrected chi connectivity index (χ1v) is 12.1. The second-order valence-corrected chi connectivity index (χ2v) is 7.95. The summed E-state index contributed by atoms with van der Waals surface area (Å²) in [6.45, 7) is 30.2. The zero-order valence-corrected chi connectivity index (χ0v) is 22.4. The zero-order chi connectivity index (χ0) is 25.1. The van der Waals surface area contributed by atoms with E-state index in [-0.39, 0.29) is 0 Å². The first-order valence-electron chi connectivity index (χ1n) is 12.1.